The van der Waals surface area contributed by atoms with Gasteiger partial charge in [-0.2, -0.15) is 0 Å². The van der Waals surface area contributed by atoms with Gasteiger partial charge >= 0.3 is 0 Å². The maximum atomic E-state index is 11.9. The number of carbonyl (C=O) groups is 1. The second-order valence-corrected chi connectivity index (χ2v) is 3.70. The molecule has 0 N–H and O–H groups in total. The first-order valence-electron chi connectivity index (χ1n) is 4.53. The molecule has 76 valence electrons. The third-order valence-electron chi connectivity index (χ3n) is 2.11. The molecule has 0 aliphatic carbocycles. The van der Waals surface area contributed by atoms with Crippen molar-refractivity contribution in [2.75, 3.05) is 0 Å². The van der Waals surface area contributed by atoms with E-state index in [1.807, 2.05) is 13.0 Å². The highest BCUT2D eigenvalue weighted by atomic mass is 35.5. The van der Waals surface area contributed by atoms with Crippen LogP contribution >= 0.6 is 11.6 Å². The van der Waals surface area contributed by atoms with E-state index < -0.39 is 0 Å². The van der Waals surface area contributed by atoms with Crippen LogP contribution in [0.1, 0.15) is 21.7 Å². The predicted molar refractivity (Wildman–Crippen MR) is 58.3 cm³/mol. The lowest BCUT2D eigenvalue weighted by Crippen LogP contribution is -2.00. The van der Waals surface area contributed by atoms with Crippen LogP contribution in [0.3, 0.4) is 0 Å². The van der Waals surface area contributed by atoms with E-state index in [2.05, 4.69) is 0 Å². The zero-order valence-electron chi connectivity index (χ0n) is 8.16. The first-order chi connectivity index (χ1) is 7.18. The van der Waals surface area contributed by atoms with E-state index in [0.717, 1.165) is 5.56 Å². The number of hydrogen-bond donors (Lipinski definition) is 0. The zero-order valence-corrected chi connectivity index (χ0v) is 8.91. The number of benzene rings is 1. The Balaban J connectivity index is 2.46. The molecule has 0 fully saturated rings. The van der Waals surface area contributed by atoms with Crippen LogP contribution in [0.15, 0.2) is 41.0 Å². The quantitative estimate of drug-likeness (QED) is 0.726. The molecule has 0 saturated carbocycles. The van der Waals surface area contributed by atoms with Crippen molar-refractivity contribution in [3.8, 4) is 0 Å². The van der Waals surface area contributed by atoms with Gasteiger partial charge in [0.15, 0.2) is 5.76 Å². The van der Waals surface area contributed by atoms with Gasteiger partial charge in [-0.25, -0.2) is 0 Å². The second kappa shape index (κ2) is 3.91. The fourth-order valence-corrected chi connectivity index (χ4v) is 1.56. The summed E-state index contributed by atoms with van der Waals surface area (Å²) < 4.78 is 5.04. The SMILES string of the molecule is Cc1ccc(Cl)c(C(=O)c2ccco2)c1. The minimum Gasteiger partial charge on any atom is -0.461 e. The highest BCUT2D eigenvalue weighted by molar-refractivity contribution is 6.34. The van der Waals surface area contributed by atoms with Crippen LogP contribution in [0.4, 0.5) is 0 Å². The number of carbonyl (C=O) groups excluding carboxylic acids is 1. The third kappa shape index (κ3) is 1.95. The van der Waals surface area contributed by atoms with Crippen molar-refractivity contribution in [1.29, 1.82) is 0 Å². The molecule has 0 atom stereocenters. The number of ketones is 1. The number of aryl methyl sites for hydroxylation is 1. The maximum Gasteiger partial charge on any atom is 0.229 e. The average molecular weight is 221 g/mol. The summed E-state index contributed by atoms with van der Waals surface area (Å²) in [6.07, 6.45) is 1.47. The van der Waals surface area contributed by atoms with Gasteiger partial charge in [0.1, 0.15) is 0 Å². The summed E-state index contributed by atoms with van der Waals surface area (Å²) in [4.78, 5) is 11.9. The monoisotopic (exact) mass is 220 g/mol. The molecule has 2 nitrogen and oxygen atoms in total. The smallest absolute Gasteiger partial charge is 0.229 e. The van der Waals surface area contributed by atoms with Gasteiger partial charge in [-0.15, -0.1) is 0 Å². The fourth-order valence-electron chi connectivity index (χ4n) is 1.35. The van der Waals surface area contributed by atoms with Crippen LogP contribution in [0, 0.1) is 6.92 Å². The molecule has 3 heteroatoms. The van der Waals surface area contributed by atoms with Gasteiger partial charge in [0.25, 0.3) is 0 Å². The van der Waals surface area contributed by atoms with E-state index in [1.54, 1.807) is 24.3 Å². The van der Waals surface area contributed by atoms with E-state index >= 15 is 0 Å². The number of hydrogen-bond acceptors (Lipinski definition) is 2. The molecule has 0 unspecified atom stereocenters. The lowest BCUT2D eigenvalue weighted by Gasteiger charge is -2.02. The Hall–Kier alpha value is -1.54. The van der Waals surface area contributed by atoms with Crippen LogP contribution in [0.5, 0.6) is 0 Å². The van der Waals surface area contributed by atoms with Crippen molar-refractivity contribution in [3.05, 3.63) is 58.5 Å². The molecule has 2 rings (SSSR count). The van der Waals surface area contributed by atoms with Crippen LogP contribution in [-0.4, -0.2) is 5.78 Å². The molecule has 1 aromatic carbocycles. The normalized spacial score (nSPS) is 10.3. The highest BCUT2D eigenvalue weighted by Gasteiger charge is 2.14. The van der Waals surface area contributed by atoms with Crippen molar-refractivity contribution in [1.82, 2.24) is 0 Å². The second-order valence-electron chi connectivity index (χ2n) is 3.29. The Labute approximate surface area is 92.5 Å². The molecule has 0 spiro atoms. The molecule has 1 aromatic heterocycles. The first-order valence-corrected chi connectivity index (χ1v) is 4.90. The molecule has 0 radical (unpaired) electrons. The summed E-state index contributed by atoms with van der Waals surface area (Å²) in [5.41, 5.74) is 1.47. The van der Waals surface area contributed by atoms with Gasteiger partial charge < -0.3 is 4.42 Å². The fraction of sp³-hybridized carbons (Fsp3) is 0.0833. The van der Waals surface area contributed by atoms with Crippen molar-refractivity contribution >= 4 is 17.4 Å². The van der Waals surface area contributed by atoms with Crippen LogP contribution in [0.25, 0.3) is 0 Å². The van der Waals surface area contributed by atoms with E-state index in [-0.39, 0.29) is 5.78 Å². The molecule has 0 aliphatic rings. The van der Waals surface area contributed by atoms with Gasteiger partial charge in [0, 0.05) is 5.56 Å². The lowest BCUT2D eigenvalue weighted by atomic mass is 10.1. The van der Waals surface area contributed by atoms with Crippen LogP contribution in [0.2, 0.25) is 5.02 Å². The molecule has 15 heavy (non-hydrogen) atoms. The molecular weight excluding hydrogens is 212 g/mol. The lowest BCUT2D eigenvalue weighted by molar-refractivity contribution is 0.101. The number of furan rings is 1. The topological polar surface area (TPSA) is 30.2 Å². The van der Waals surface area contributed by atoms with Crippen LogP contribution in [-0.2, 0) is 0 Å². The molecule has 0 amide bonds. The van der Waals surface area contributed by atoms with Gasteiger partial charge in [-0.1, -0.05) is 23.2 Å². The summed E-state index contributed by atoms with van der Waals surface area (Å²) in [6, 6.07) is 8.64. The maximum absolute atomic E-state index is 11.9. The molecule has 1 heterocycles. The Morgan fingerprint density at radius 2 is 2.13 bits per heavy atom. The van der Waals surface area contributed by atoms with E-state index in [0.29, 0.717) is 16.3 Å². The van der Waals surface area contributed by atoms with E-state index in [4.69, 9.17) is 16.0 Å². The van der Waals surface area contributed by atoms with Crippen molar-refractivity contribution in [2.24, 2.45) is 0 Å². The third-order valence-corrected chi connectivity index (χ3v) is 2.44. The Morgan fingerprint density at radius 1 is 1.33 bits per heavy atom. The van der Waals surface area contributed by atoms with E-state index in [1.165, 1.54) is 6.26 Å². The van der Waals surface area contributed by atoms with Crippen molar-refractivity contribution in [3.63, 3.8) is 0 Å². The average Bonchev–Trinajstić information content (AvgIpc) is 2.74. The first kappa shape index (κ1) is 9.99. The van der Waals surface area contributed by atoms with Gasteiger partial charge in [-0.3, -0.25) is 4.79 Å². The summed E-state index contributed by atoms with van der Waals surface area (Å²) in [6.45, 7) is 1.91. The molecule has 0 saturated heterocycles. The molecular formula is C12H9ClO2. The molecule has 0 aliphatic heterocycles. The number of halogens is 1. The minimum atomic E-state index is -0.186. The van der Waals surface area contributed by atoms with Gasteiger partial charge in [0.05, 0.1) is 11.3 Å². The summed E-state index contributed by atoms with van der Waals surface area (Å²) in [5, 5.41) is 0.446. The Morgan fingerprint density at radius 3 is 2.80 bits per heavy atom. The van der Waals surface area contributed by atoms with Crippen molar-refractivity contribution in [2.45, 2.75) is 6.92 Å². The summed E-state index contributed by atoms with van der Waals surface area (Å²) in [7, 11) is 0. The standard InChI is InChI=1S/C12H9ClO2/c1-8-4-5-10(13)9(7-8)12(14)11-3-2-6-15-11/h2-7H,1H3. The zero-order chi connectivity index (χ0) is 10.8. The largest absolute Gasteiger partial charge is 0.461 e. The van der Waals surface area contributed by atoms with Gasteiger partial charge in [-0.05, 0) is 31.2 Å². The highest BCUT2D eigenvalue weighted by Crippen LogP contribution is 2.20. The van der Waals surface area contributed by atoms with E-state index in [9.17, 15) is 4.79 Å². The summed E-state index contributed by atoms with van der Waals surface area (Å²) in [5.74, 6) is 0.121. The number of rotatable bonds is 2. The van der Waals surface area contributed by atoms with Crippen molar-refractivity contribution < 1.29 is 9.21 Å². The Kier molecular flexibility index (Phi) is 2.60. The predicted octanol–water partition coefficient (Wildman–Crippen LogP) is 3.47. The minimum absolute atomic E-state index is 0.186. The summed E-state index contributed by atoms with van der Waals surface area (Å²) >= 11 is 5.95. The Bertz CT molecular complexity index is 486. The van der Waals surface area contributed by atoms with Gasteiger partial charge in [0.2, 0.25) is 5.78 Å². The van der Waals surface area contributed by atoms with Crippen LogP contribution < -0.4 is 0 Å². The molecule has 0 bridgehead atoms. The molecule has 2 aromatic rings.